The van der Waals surface area contributed by atoms with E-state index < -0.39 is 0 Å². The fourth-order valence-electron chi connectivity index (χ4n) is 3.41. The predicted molar refractivity (Wildman–Crippen MR) is 97.0 cm³/mol. The summed E-state index contributed by atoms with van der Waals surface area (Å²) in [6, 6.07) is 8.04. The molecule has 1 saturated carbocycles. The molecule has 3 rings (SSSR count). The molecular formula is C19H23BrN2O2. The van der Waals surface area contributed by atoms with Gasteiger partial charge in [0, 0.05) is 29.3 Å². The van der Waals surface area contributed by atoms with Crippen LogP contribution in [0.2, 0.25) is 0 Å². The van der Waals surface area contributed by atoms with Crippen molar-refractivity contribution >= 4 is 27.7 Å². The third-order valence-electron chi connectivity index (χ3n) is 4.87. The Morgan fingerprint density at radius 1 is 1.12 bits per heavy atom. The second kappa shape index (κ2) is 7.97. The third kappa shape index (κ3) is 4.07. The van der Waals surface area contributed by atoms with Crippen LogP contribution < -0.4 is 0 Å². The molecule has 2 aliphatic rings. The minimum Gasteiger partial charge on any atom is -0.316 e. The Balaban J connectivity index is 1.57. The number of hydrogen-bond acceptors (Lipinski definition) is 2. The van der Waals surface area contributed by atoms with Crippen molar-refractivity contribution in [2.24, 2.45) is 5.92 Å². The SMILES string of the molecule is O=C1CN(C(=O)C2CCCCC2)C=CN1CCc1ccccc1Br. The highest BCUT2D eigenvalue weighted by Crippen LogP contribution is 2.26. The first-order valence-electron chi connectivity index (χ1n) is 8.67. The van der Waals surface area contributed by atoms with E-state index in [4.69, 9.17) is 0 Å². The molecule has 1 aromatic carbocycles. The van der Waals surface area contributed by atoms with Gasteiger partial charge in [-0.05, 0) is 30.9 Å². The second-order valence-electron chi connectivity index (χ2n) is 6.53. The van der Waals surface area contributed by atoms with Gasteiger partial charge in [-0.1, -0.05) is 53.4 Å². The number of nitrogens with zero attached hydrogens (tertiary/aromatic N) is 2. The Kier molecular flexibility index (Phi) is 5.72. The van der Waals surface area contributed by atoms with Gasteiger partial charge in [-0.15, -0.1) is 0 Å². The van der Waals surface area contributed by atoms with Gasteiger partial charge in [0.05, 0.1) is 0 Å². The summed E-state index contributed by atoms with van der Waals surface area (Å²) in [5.74, 6) is 0.210. The summed E-state index contributed by atoms with van der Waals surface area (Å²) in [6.45, 7) is 0.797. The Labute approximate surface area is 151 Å². The van der Waals surface area contributed by atoms with Crippen molar-refractivity contribution in [3.8, 4) is 0 Å². The molecule has 1 aliphatic carbocycles. The van der Waals surface area contributed by atoms with Crippen LogP contribution in [-0.4, -0.2) is 34.7 Å². The molecule has 0 spiro atoms. The molecule has 128 valence electrons. The maximum atomic E-state index is 12.5. The van der Waals surface area contributed by atoms with E-state index >= 15 is 0 Å². The Hall–Kier alpha value is -1.62. The summed E-state index contributed by atoms with van der Waals surface area (Å²) in [5, 5.41) is 0. The van der Waals surface area contributed by atoms with Gasteiger partial charge in [0.15, 0.2) is 0 Å². The van der Waals surface area contributed by atoms with Gasteiger partial charge in [-0.2, -0.15) is 0 Å². The minimum absolute atomic E-state index is 0.00582. The van der Waals surface area contributed by atoms with Crippen LogP contribution in [0.4, 0.5) is 0 Å². The summed E-state index contributed by atoms with van der Waals surface area (Å²) >= 11 is 3.53. The minimum atomic E-state index is -0.00582. The lowest BCUT2D eigenvalue weighted by molar-refractivity contribution is -0.141. The number of carbonyl (C=O) groups excluding carboxylic acids is 2. The van der Waals surface area contributed by atoms with Gasteiger partial charge in [0.25, 0.3) is 0 Å². The van der Waals surface area contributed by atoms with Crippen molar-refractivity contribution < 1.29 is 9.59 Å². The quantitative estimate of drug-likeness (QED) is 0.785. The van der Waals surface area contributed by atoms with E-state index in [0.717, 1.165) is 36.6 Å². The van der Waals surface area contributed by atoms with Gasteiger partial charge in [0.2, 0.25) is 11.8 Å². The zero-order chi connectivity index (χ0) is 16.9. The van der Waals surface area contributed by atoms with Crippen molar-refractivity contribution in [2.75, 3.05) is 13.1 Å². The van der Waals surface area contributed by atoms with Gasteiger partial charge in [0.1, 0.15) is 6.54 Å². The van der Waals surface area contributed by atoms with Gasteiger partial charge >= 0.3 is 0 Å². The average molecular weight is 391 g/mol. The molecule has 0 saturated heterocycles. The molecule has 4 nitrogen and oxygen atoms in total. The number of amides is 2. The van der Waals surface area contributed by atoms with Crippen molar-refractivity contribution in [2.45, 2.75) is 38.5 Å². The normalized spacial score (nSPS) is 19.0. The topological polar surface area (TPSA) is 40.6 Å². The fraction of sp³-hybridized carbons (Fsp3) is 0.474. The van der Waals surface area contributed by atoms with E-state index in [1.54, 1.807) is 22.2 Å². The van der Waals surface area contributed by atoms with Crippen molar-refractivity contribution in [1.29, 1.82) is 0 Å². The molecule has 0 bridgehead atoms. The van der Waals surface area contributed by atoms with Crippen LogP contribution in [0, 0.1) is 5.92 Å². The standard InChI is InChI=1S/C19H23BrN2O2/c20-17-9-5-4-6-15(17)10-11-21-12-13-22(14-18(21)23)19(24)16-7-2-1-3-8-16/h4-6,9,12-13,16H,1-3,7-8,10-11,14H2. The van der Waals surface area contributed by atoms with Crippen molar-refractivity contribution in [1.82, 2.24) is 9.80 Å². The van der Waals surface area contributed by atoms with Crippen molar-refractivity contribution in [3.05, 3.63) is 46.7 Å². The molecule has 1 fully saturated rings. The number of benzene rings is 1. The third-order valence-corrected chi connectivity index (χ3v) is 5.64. The summed E-state index contributed by atoms with van der Waals surface area (Å²) < 4.78 is 1.06. The van der Waals surface area contributed by atoms with Crippen LogP contribution in [0.25, 0.3) is 0 Å². The van der Waals surface area contributed by atoms with E-state index in [9.17, 15) is 9.59 Å². The molecule has 0 aromatic heterocycles. The van der Waals surface area contributed by atoms with Crippen LogP contribution in [0.1, 0.15) is 37.7 Å². The first-order chi connectivity index (χ1) is 11.6. The lowest BCUT2D eigenvalue weighted by Gasteiger charge is -2.31. The average Bonchev–Trinajstić information content (AvgIpc) is 2.62. The largest absolute Gasteiger partial charge is 0.316 e. The lowest BCUT2D eigenvalue weighted by atomic mass is 9.88. The molecule has 2 amide bonds. The summed E-state index contributed by atoms with van der Waals surface area (Å²) in [4.78, 5) is 28.2. The highest BCUT2D eigenvalue weighted by atomic mass is 79.9. The number of rotatable bonds is 4. The number of carbonyl (C=O) groups is 2. The maximum Gasteiger partial charge on any atom is 0.246 e. The summed E-state index contributed by atoms with van der Waals surface area (Å²) in [7, 11) is 0. The highest BCUT2D eigenvalue weighted by Gasteiger charge is 2.29. The Bertz CT molecular complexity index is 638. The molecule has 5 heteroatoms. The predicted octanol–water partition coefficient (Wildman–Crippen LogP) is 3.71. The van der Waals surface area contributed by atoms with Gasteiger partial charge < -0.3 is 9.80 Å². The summed E-state index contributed by atoms with van der Waals surface area (Å²) in [6.07, 6.45) is 9.71. The Morgan fingerprint density at radius 3 is 2.58 bits per heavy atom. The van der Waals surface area contributed by atoms with Crippen LogP contribution in [-0.2, 0) is 16.0 Å². The highest BCUT2D eigenvalue weighted by molar-refractivity contribution is 9.10. The smallest absolute Gasteiger partial charge is 0.246 e. The van der Waals surface area contributed by atoms with Crippen LogP contribution in [0.5, 0.6) is 0 Å². The molecule has 1 heterocycles. The molecular weight excluding hydrogens is 368 g/mol. The zero-order valence-corrected chi connectivity index (χ0v) is 15.4. The van der Waals surface area contributed by atoms with E-state index in [1.807, 2.05) is 18.2 Å². The van der Waals surface area contributed by atoms with Gasteiger partial charge in [-0.25, -0.2) is 0 Å². The molecule has 1 aromatic rings. The second-order valence-corrected chi connectivity index (χ2v) is 7.38. The molecule has 0 atom stereocenters. The molecule has 1 aliphatic heterocycles. The van der Waals surface area contributed by atoms with E-state index in [1.165, 1.54) is 12.0 Å². The monoisotopic (exact) mass is 390 g/mol. The molecule has 0 N–H and O–H groups in total. The van der Waals surface area contributed by atoms with Crippen LogP contribution in [0.3, 0.4) is 0 Å². The lowest BCUT2D eigenvalue weighted by Crippen LogP contribution is -2.45. The zero-order valence-electron chi connectivity index (χ0n) is 13.8. The maximum absolute atomic E-state index is 12.5. The number of halogens is 1. The Morgan fingerprint density at radius 2 is 1.88 bits per heavy atom. The van der Waals surface area contributed by atoms with Gasteiger partial charge in [-0.3, -0.25) is 9.59 Å². The fourth-order valence-corrected chi connectivity index (χ4v) is 3.89. The van der Waals surface area contributed by atoms with E-state index in [-0.39, 0.29) is 24.3 Å². The van der Waals surface area contributed by atoms with E-state index in [0.29, 0.717) is 6.54 Å². The number of hydrogen-bond donors (Lipinski definition) is 0. The molecule has 0 unspecified atom stereocenters. The first-order valence-corrected chi connectivity index (χ1v) is 9.46. The summed E-state index contributed by atoms with van der Waals surface area (Å²) in [5.41, 5.74) is 1.18. The molecule has 0 radical (unpaired) electrons. The van der Waals surface area contributed by atoms with Crippen LogP contribution in [0.15, 0.2) is 41.1 Å². The first kappa shape index (κ1) is 17.2. The molecule has 24 heavy (non-hydrogen) atoms. The van der Waals surface area contributed by atoms with Crippen LogP contribution >= 0.6 is 15.9 Å². The van der Waals surface area contributed by atoms with Crippen molar-refractivity contribution in [3.63, 3.8) is 0 Å². The van der Waals surface area contributed by atoms with E-state index in [2.05, 4.69) is 22.0 Å².